The fourth-order valence-electron chi connectivity index (χ4n) is 2.92. The summed E-state index contributed by atoms with van der Waals surface area (Å²) in [7, 11) is 0. The van der Waals surface area contributed by atoms with Gasteiger partial charge in [0.2, 0.25) is 0 Å². The van der Waals surface area contributed by atoms with Crippen LogP contribution in [0.2, 0.25) is 0 Å². The molecule has 3 rings (SSSR count). The number of nitrogen functional groups attached to an aromatic ring is 1. The van der Waals surface area contributed by atoms with Crippen LogP contribution >= 0.6 is 0 Å². The Morgan fingerprint density at radius 1 is 1.24 bits per heavy atom. The standard InChI is InChI=1S/C15H22N6/c1-2-10-21-13(8-9-17-21)15-18-12-7-5-3-4-6-11(12)14(19-15)20-16/h8-9H,2-7,10,16H2,1H3,(H,18,19,20). The second-order valence-electron chi connectivity index (χ2n) is 5.47. The van der Waals surface area contributed by atoms with Gasteiger partial charge in [-0.15, -0.1) is 0 Å². The molecule has 0 bridgehead atoms. The zero-order valence-electron chi connectivity index (χ0n) is 12.5. The number of aryl methyl sites for hydroxylation is 2. The molecule has 2 aromatic heterocycles. The number of nitrogens with zero attached hydrogens (tertiary/aromatic N) is 4. The molecule has 0 amide bonds. The number of hydrogen-bond donors (Lipinski definition) is 2. The maximum Gasteiger partial charge on any atom is 0.180 e. The SMILES string of the molecule is CCCn1nccc1-c1nc2c(c(NN)n1)CCCCC2. The first-order chi connectivity index (χ1) is 10.3. The van der Waals surface area contributed by atoms with E-state index in [1.807, 2.05) is 10.7 Å². The van der Waals surface area contributed by atoms with Crippen molar-refractivity contribution >= 4 is 5.82 Å². The summed E-state index contributed by atoms with van der Waals surface area (Å²) in [5, 5.41) is 4.35. The quantitative estimate of drug-likeness (QED) is 0.512. The number of anilines is 1. The molecular formula is C15H22N6. The molecule has 3 N–H and O–H groups in total. The molecule has 0 aromatic carbocycles. The smallest absolute Gasteiger partial charge is 0.180 e. The van der Waals surface area contributed by atoms with Crippen molar-refractivity contribution in [1.29, 1.82) is 0 Å². The third kappa shape index (κ3) is 2.76. The van der Waals surface area contributed by atoms with Gasteiger partial charge in [0.1, 0.15) is 11.5 Å². The fraction of sp³-hybridized carbons (Fsp3) is 0.533. The summed E-state index contributed by atoms with van der Waals surface area (Å²) in [6, 6.07) is 1.97. The van der Waals surface area contributed by atoms with Crippen LogP contribution in [0.15, 0.2) is 12.3 Å². The highest BCUT2D eigenvalue weighted by Crippen LogP contribution is 2.27. The summed E-state index contributed by atoms with van der Waals surface area (Å²) < 4.78 is 1.96. The number of rotatable bonds is 4. The minimum absolute atomic E-state index is 0.717. The number of aromatic nitrogens is 4. The third-order valence-electron chi connectivity index (χ3n) is 3.95. The van der Waals surface area contributed by atoms with Gasteiger partial charge in [-0.1, -0.05) is 13.3 Å². The van der Waals surface area contributed by atoms with Gasteiger partial charge < -0.3 is 5.43 Å². The van der Waals surface area contributed by atoms with Crippen LogP contribution in [0.25, 0.3) is 11.5 Å². The van der Waals surface area contributed by atoms with Gasteiger partial charge >= 0.3 is 0 Å². The minimum Gasteiger partial charge on any atom is -0.308 e. The molecule has 0 spiro atoms. The molecule has 6 nitrogen and oxygen atoms in total. The van der Waals surface area contributed by atoms with E-state index in [9.17, 15) is 0 Å². The fourth-order valence-corrected chi connectivity index (χ4v) is 2.92. The van der Waals surface area contributed by atoms with E-state index in [1.54, 1.807) is 6.20 Å². The molecule has 0 aliphatic heterocycles. The van der Waals surface area contributed by atoms with E-state index in [-0.39, 0.29) is 0 Å². The molecule has 2 heterocycles. The number of fused-ring (bicyclic) bond motifs is 1. The highest BCUT2D eigenvalue weighted by atomic mass is 15.3. The van der Waals surface area contributed by atoms with Gasteiger partial charge in [0.25, 0.3) is 0 Å². The summed E-state index contributed by atoms with van der Waals surface area (Å²) in [5.41, 5.74) is 6.03. The van der Waals surface area contributed by atoms with Crippen LogP contribution < -0.4 is 11.3 Å². The second kappa shape index (κ2) is 6.22. The Labute approximate surface area is 124 Å². The molecule has 0 saturated heterocycles. The third-order valence-corrected chi connectivity index (χ3v) is 3.95. The molecule has 0 unspecified atom stereocenters. The van der Waals surface area contributed by atoms with Gasteiger partial charge in [0.05, 0.1) is 0 Å². The van der Waals surface area contributed by atoms with Gasteiger partial charge in [0, 0.05) is 24.0 Å². The molecule has 1 aliphatic rings. The molecule has 0 atom stereocenters. The molecular weight excluding hydrogens is 264 g/mol. The van der Waals surface area contributed by atoms with Gasteiger partial charge in [-0.25, -0.2) is 15.8 Å². The van der Waals surface area contributed by atoms with E-state index in [4.69, 9.17) is 10.8 Å². The summed E-state index contributed by atoms with van der Waals surface area (Å²) in [6.45, 7) is 3.00. The number of nitrogens with two attached hydrogens (primary N) is 1. The van der Waals surface area contributed by atoms with Gasteiger partial charge in [-0.05, 0) is 38.2 Å². The van der Waals surface area contributed by atoms with Crippen LogP contribution in [-0.2, 0) is 19.4 Å². The van der Waals surface area contributed by atoms with Crippen LogP contribution in [0.1, 0.15) is 43.9 Å². The highest BCUT2D eigenvalue weighted by molar-refractivity contribution is 5.56. The Hall–Kier alpha value is -1.95. The van der Waals surface area contributed by atoms with Crippen molar-refractivity contribution < 1.29 is 0 Å². The van der Waals surface area contributed by atoms with Gasteiger partial charge in [0.15, 0.2) is 5.82 Å². The lowest BCUT2D eigenvalue weighted by Crippen LogP contribution is -2.15. The van der Waals surface area contributed by atoms with Crippen LogP contribution in [-0.4, -0.2) is 19.7 Å². The van der Waals surface area contributed by atoms with Crippen LogP contribution in [0.4, 0.5) is 5.82 Å². The first kappa shape index (κ1) is 14.0. The predicted molar refractivity (Wildman–Crippen MR) is 82.6 cm³/mol. The zero-order valence-corrected chi connectivity index (χ0v) is 12.5. The second-order valence-corrected chi connectivity index (χ2v) is 5.47. The molecule has 112 valence electrons. The molecule has 1 aliphatic carbocycles. The molecule has 2 aromatic rings. The van der Waals surface area contributed by atoms with E-state index in [2.05, 4.69) is 22.4 Å². The van der Waals surface area contributed by atoms with Crippen LogP contribution in [0, 0.1) is 0 Å². The van der Waals surface area contributed by atoms with E-state index < -0.39 is 0 Å². The average molecular weight is 286 g/mol. The van der Waals surface area contributed by atoms with E-state index >= 15 is 0 Å². The Balaban J connectivity index is 2.07. The molecule has 6 heteroatoms. The number of hydrogen-bond acceptors (Lipinski definition) is 5. The maximum absolute atomic E-state index is 5.68. The average Bonchev–Trinajstić information content (AvgIpc) is 2.83. The van der Waals surface area contributed by atoms with Crippen molar-refractivity contribution in [3.05, 3.63) is 23.5 Å². The largest absolute Gasteiger partial charge is 0.308 e. The Kier molecular flexibility index (Phi) is 4.15. The molecule has 0 radical (unpaired) electrons. The van der Waals surface area contributed by atoms with Crippen LogP contribution in [0.5, 0.6) is 0 Å². The lowest BCUT2D eigenvalue weighted by Gasteiger charge is -2.13. The van der Waals surface area contributed by atoms with Crippen molar-refractivity contribution in [3.8, 4) is 11.5 Å². The Morgan fingerprint density at radius 2 is 2.10 bits per heavy atom. The van der Waals surface area contributed by atoms with Crippen molar-refractivity contribution in [2.24, 2.45) is 5.84 Å². The first-order valence-corrected chi connectivity index (χ1v) is 7.72. The first-order valence-electron chi connectivity index (χ1n) is 7.72. The highest BCUT2D eigenvalue weighted by Gasteiger charge is 2.18. The summed E-state index contributed by atoms with van der Waals surface area (Å²) in [6.07, 6.45) is 8.44. The predicted octanol–water partition coefficient (Wildman–Crippen LogP) is 2.30. The summed E-state index contributed by atoms with van der Waals surface area (Å²) in [5.74, 6) is 7.16. The van der Waals surface area contributed by atoms with E-state index in [0.717, 1.165) is 48.8 Å². The van der Waals surface area contributed by atoms with Gasteiger partial charge in [-0.3, -0.25) is 4.68 Å². The van der Waals surface area contributed by atoms with E-state index in [1.165, 1.54) is 24.8 Å². The zero-order chi connectivity index (χ0) is 14.7. The molecule has 0 fully saturated rings. The van der Waals surface area contributed by atoms with Gasteiger partial charge in [-0.2, -0.15) is 5.10 Å². The van der Waals surface area contributed by atoms with Crippen molar-refractivity contribution in [1.82, 2.24) is 19.7 Å². The Morgan fingerprint density at radius 3 is 2.90 bits per heavy atom. The maximum atomic E-state index is 5.68. The van der Waals surface area contributed by atoms with Crippen molar-refractivity contribution in [3.63, 3.8) is 0 Å². The minimum atomic E-state index is 0.717. The van der Waals surface area contributed by atoms with Crippen molar-refractivity contribution in [2.75, 3.05) is 5.43 Å². The van der Waals surface area contributed by atoms with Crippen LogP contribution in [0.3, 0.4) is 0 Å². The van der Waals surface area contributed by atoms with Crippen molar-refractivity contribution in [2.45, 2.75) is 52.0 Å². The topological polar surface area (TPSA) is 81.7 Å². The lowest BCUT2D eigenvalue weighted by atomic mass is 10.1. The lowest BCUT2D eigenvalue weighted by molar-refractivity contribution is 0.606. The summed E-state index contributed by atoms with van der Waals surface area (Å²) in [4.78, 5) is 9.42. The molecule has 0 saturated carbocycles. The monoisotopic (exact) mass is 286 g/mol. The normalized spacial score (nSPS) is 14.6. The molecule has 21 heavy (non-hydrogen) atoms. The Bertz CT molecular complexity index is 619. The summed E-state index contributed by atoms with van der Waals surface area (Å²) >= 11 is 0. The number of hydrazine groups is 1. The van der Waals surface area contributed by atoms with E-state index in [0.29, 0.717) is 0 Å². The number of nitrogens with one attached hydrogen (secondary N) is 1.